The first-order valence-electron chi connectivity index (χ1n) is 49.8. The molecule has 2 aliphatic heterocycles. The number of rotatable bonds is 39. The lowest BCUT2D eigenvalue weighted by Gasteiger charge is -2.26. The molecule has 0 atom stereocenters. The van der Waals surface area contributed by atoms with E-state index in [4.69, 9.17) is 60.8 Å². The van der Waals surface area contributed by atoms with E-state index in [9.17, 15) is 33.6 Å². The zero-order valence-corrected chi connectivity index (χ0v) is 83.0. The van der Waals surface area contributed by atoms with Gasteiger partial charge in [0, 0.05) is 134 Å². The number of carbonyl (C=O) groups is 7. The van der Waals surface area contributed by atoms with Crippen molar-refractivity contribution in [1.29, 1.82) is 0 Å². The molecule has 31 heteroatoms. The number of aliphatic carboxylic acids is 1. The number of carboxylic acid groups (broad SMARTS) is 1. The van der Waals surface area contributed by atoms with Crippen LogP contribution in [0.3, 0.4) is 0 Å². The Morgan fingerprint density at radius 3 is 0.899 bits per heavy atom. The molecule has 7 heterocycles. The van der Waals surface area contributed by atoms with Gasteiger partial charge in [-0.15, -0.1) is 0 Å². The number of morpholine rings is 1. The Morgan fingerprint density at radius 1 is 0.331 bits per heavy atom. The number of hydrogen-bond donors (Lipinski definition) is 11. The topological polar surface area (TPSA) is 406 Å². The van der Waals surface area contributed by atoms with E-state index in [2.05, 4.69) is 140 Å². The van der Waals surface area contributed by atoms with Crippen LogP contribution in [0.2, 0.25) is 0 Å². The third-order valence-corrected chi connectivity index (χ3v) is 25.3. The molecule has 0 bridgehead atoms. The van der Waals surface area contributed by atoms with Crippen molar-refractivity contribution in [3.63, 3.8) is 0 Å². The highest BCUT2D eigenvalue weighted by Crippen LogP contribution is 2.30. The molecule has 0 unspecified atom stereocenters. The highest BCUT2D eigenvalue weighted by molar-refractivity contribution is 5.95. The summed E-state index contributed by atoms with van der Waals surface area (Å²) in [4.78, 5) is 108. The first-order valence-corrected chi connectivity index (χ1v) is 49.8. The minimum atomic E-state index is -0.856. The lowest BCUT2D eigenvalue weighted by molar-refractivity contribution is -0.137. The maximum Gasteiger partial charge on any atom is 0.305 e. The van der Waals surface area contributed by atoms with Crippen LogP contribution >= 0.6 is 0 Å². The van der Waals surface area contributed by atoms with E-state index in [1.807, 2.05) is 179 Å². The average Bonchev–Trinajstić information content (AvgIpc) is 1.68. The maximum absolute atomic E-state index is 11.9. The van der Waals surface area contributed by atoms with Gasteiger partial charge in [0.2, 0.25) is 5.91 Å². The Hall–Kier alpha value is -16.5. The summed E-state index contributed by atoms with van der Waals surface area (Å²) in [5.41, 5.74) is 29.1. The van der Waals surface area contributed by atoms with Gasteiger partial charge in [-0.3, -0.25) is 64.5 Å². The molecule has 0 radical (unpaired) electrons. The number of fused-ring (bicyclic) bond motifs is 5. The molecular formula is C117H125N17O14. The Morgan fingerprint density at radius 2 is 0.608 bits per heavy atom. The lowest BCUT2D eigenvalue weighted by Crippen LogP contribution is -2.37. The van der Waals surface area contributed by atoms with E-state index in [-0.39, 0.29) is 12.3 Å². The minimum Gasteiger partial charge on any atom is -0.481 e. The summed E-state index contributed by atoms with van der Waals surface area (Å²) in [5.74, 6) is 2.08. The number of aryl methyl sites for hydroxylation is 11. The van der Waals surface area contributed by atoms with Gasteiger partial charge in [0.25, 0.3) is 29.5 Å². The predicted molar refractivity (Wildman–Crippen MR) is 573 cm³/mol. The summed E-state index contributed by atoms with van der Waals surface area (Å²) >= 11 is 0. The number of amides is 6. The zero-order valence-electron chi connectivity index (χ0n) is 83.0. The number of nitrogens with zero attached hydrogens (tertiary/aromatic N) is 12. The third kappa shape index (κ3) is 32.0. The van der Waals surface area contributed by atoms with Gasteiger partial charge < -0.3 is 37.6 Å². The van der Waals surface area contributed by atoms with E-state index in [1.54, 1.807) is 57.8 Å². The van der Waals surface area contributed by atoms with E-state index >= 15 is 0 Å². The predicted octanol–water partition coefficient (Wildman–Crippen LogP) is 17.4. The van der Waals surface area contributed by atoms with Crippen LogP contribution in [0.1, 0.15) is 136 Å². The number of hydroxylamine groups is 5. The third-order valence-electron chi connectivity index (χ3n) is 25.3. The second-order valence-electron chi connectivity index (χ2n) is 36.4. The monoisotopic (exact) mass is 1990 g/mol. The van der Waals surface area contributed by atoms with Crippen LogP contribution in [-0.2, 0) is 129 Å². The van der Waals surface area contributed by atoms with Gasteiger partial charge in [-0.05, 0) is 203 Å². The Labute approximate surface area is 858 Å². The zero-order chi connectivity index (χ0) is 104. The van der Waals surface area contributed by atoms with E-state index in [1.165, 1.54) is 63.8 Å². The van der Waals surface area contributed by atoms with Gasteiger partial charge in [-0.25, -0.2) is 52.3 Å². The van der Waals surface area contributed by atoms with Gasteiger partial charge in [0.15, 0.2) is 0 Å². The molecule has 5 aromatic heterocycles. The van der Waals surface area contributed by atoms with E-state index in [0.717, 1.165) is 255 Å². The van der Waals surface area contributed by atoms with Crippen molar-refractivity contribution in [2.45, 2.75) is 136 Å². The largest absolute Gasteiger partial charge is 0.481 e. The number of aromatic nitrogens is 10. The van der Waals surface area contributed by atoms with Crippen LogP contribution < -0.4 is 27.4 Å². The average molecular weight is 1990 g/mol. The van der Waals surface area contributed by atoms with Gasteiger partial charge in [-0.2, -0.15) is 0 Å². The number of hydrogen-bond acceptors (Lipinski definition) is 19. The number of carboxylic acids is 1. The number of imidazole rings is 5. The van der Waals surface area contributed by atoms with Crippen molar-refractivity contribution in [2.75, 3.05) is 45.9 Å². The quantitative estimate of drug-likeness (QED) is 0.00968. The summed E-state index contributed by atoms with van der Waals surface area (Å²) in [6, 6.07) is 91.4. The molecule has 0 saturated carbocycles. The molecular weight excluding hydrogens is 1870 g/mol. The molecule has 2 fully saturated rings. The second-order valence-corrected chi connectivity index (χ2v) is 36.4. The van der Waals surface area contributed by atoms with Crippen molar-refractivity contribution in [3.8, 4) is 0 Å². The summed E-state index contributed by atoms with van der Waals surface area (Å²) in [6.45, 7) is 14.3. The van der Waals surface area contributed by atoms with Crippen molar-refractivity contribution >= 4 is 127 Å². The van der Waals surface area contributed by atoms with Crippen LogP contribution in [0, 0.1) is 5.92 Å². The molecule has 16 aromatic rings. The molecule has 31 nitrogen and oxygen atoms in total. The lowest BCUT2D eigenvalue weighted by atomic mass is 10.1. The minimum absolute atomic E-state index is 0.0160. The molecule has 11 N–H and O–H groups in total. The smallest absolute Gasteiger partial charge is 0.305 e. The summed E-state index contributed by atoms with van der Waals surface area (Å²) < 4.78 is 16.5. The van der Waals surface area contributed by atoms with Crippen LogP contribution in [-0.4, -0.2) is 176 Å². The van der Waals surface area contributed by atoms with Gasteiger partial charge in [0.1, 0.15) is 29.1 Å². The van der Waals surface area contributed by atoms with Crippen LogP contribution in [0.5, 0.6) is 0 Å². The standard InChI is InChI=1S/C25H28N4O3.C25H30N4O3.C25H23N3O2.C21H21N3O4.C21H23N3O2/c30-24(27-32)14-11-20-9-12-22-21(18-20)26-23(13-10-19-6-2-1-3-7-19)29(22)17-5-16-28-15-4-8-25(28)31;30-25(27-31)12-9-21-7-10-23-22(19-21)26-24(11-8-20-5-2-1-3-6-20)29(23)14-4-13-28-15-17-32-18-16-28;29-25(27-30)16-13-20-11-14-23-22(17-20)26-24(15-12-19-7-3-1-4-8-19)28(23)18-21-9-5-2-6-10-21;25-20(23-28)11-8-16-6-9-18-17(14-16)22-19(24(18)13-12-21(26)27)10-7-15-4-2-1-3-5-15;1-15(2)12-20-22-18-13-16(9-11-21(25)23-26)8-10-19(18)24(20)14-17-6-4-3-5-7-17/h1-3,6-7,9,11-12,14,18,32H,4-5,8,10,13,15-17H2,(H,27,30);1-3,5-7,9-10,12,19,31H,4,8,11,13-18H2,(H,27,30);1-11,13-14,16-17,30H,12,15,18H2,(H,27,29);1-6,8-9,11,14,28H,7,10,12-13H2,(H,23,25)(H,26,27);3-11,13,15,26H,12,14H2,1-2H3,(H,23,25)/b14-11+;12-9+;16-13+;11-8+;11-9+. The summed E-state index contributed by atoms with van der Waals surface area (Å²) in [5, 5.41) is 52.2. The van der Waals surface area contributed by atoms with E-state index < -0.39 is 35.5 Å². The molecule has 18 rings (SSSR count). The summed E-state index contributed by atoms with van der Waals surface area (Å²) in [7, 11) is 0. The second kappa shape index (κ2) is 55.5. The molecule has 148 heavy (non-hydrogen) atoms. The first-order chi connectivity index (χ1) is 72.2. The Bertz CT molecular complexity index is 7280. The summed E-state index contributed by atoms with van der Waals surface area (Å²) in [6.07, 6.45) is 25.9. The molecule has 762 valence electrons. The first kappa shape index (κ1) is 107. The molecule has 6 amide bonds. The van der Waals surface area contributed by atoms with Crippen molar-refractivity contribution in [3.05, 3.63) is 394 Å². The SMILES string of the molecule is CC(C)Cc1nc2cc(/C=C/C(=O)NO)ccc2n1Cc1ccccc1.O=C(/C=C/c1ccc2c(c1)nc(CCc1ccccc1)n2CCCN1CCCC1=O)NO.O=C(/C=C/c1ccc2c(c1)nc(CCc1ccccc1)n2CCCN1CCOCC1)NO.O=C(/C=C/c1ccc2c(c1)nc(CCc1ccccc1)n2Cc1ccccc1)NO.O=C(O)CCn1c(CCc2ccccc2)nc2cc(/C=C/C(=O)NO)ccc21. The van der Waals surface area contributed by atoms with Crippen molar-refractivity contribution in [2.24, 2.45) is 5.92 Å². The highest BCUT2D eigenvalue weighted by atomic mass is 16.5. The van der Waals surface area contributed by atoms with Gasteiger partial charge in [-0.1, -0.05) is 226 Å². The van der Waals surface area contributed by atoms with Gasteiger partial charge >= 0.3 is 5.97 Å². The fourth-order valence-corrected chi connectivity index (χ4v) is 17.9. The fraction of sp³-hybridized carbons (Fsp3) is 0.248. The van der Waals surface area contributed by atoms with Gasteiger partial charge in [0.05, 0.1) is 74.8 Å². The molecule has 2 saturated heterocycles. The molecule has 11 aromatic carbocycles. The van der Waals surface area contributed by atoms with E-state index in [0.29, 0.717) is 25.3 Å². The molecule has 0 spiro atoms. The maximum atomic E-state index is 11.9. The normalized spacial score (nSPS) is 12.7. The fourth-order valence-electron chi connectivity index (χ4n) is 17.9. The highest BCUT2D eigenvalue weighted by Gasteiger charge is 2.23. The number of nitrogens with one attached hydrogen (secondary N) is 5. The van der Waals surface area contributed by atoms with Crippen LogP contribution in [0.25, 0.3) is 85.5 Å². The van der Waals surface area contributed by atoms with Crippen molar-refractivity contribution in [1.82, 2.24) is 85.0 Å². The number of ether oxygens (including phenoxy) is 1. The number of carbonyl (C=O) groups excluding carboxylic acids is 6. The Balaban J connectivity index is 0.000000146. The Kier molecular flexibility index (Phi) is 40.2. The van der Waals surface area contributed by atoms with Crippen molar-refractivity contribution < 1.29 is 69.4 Å². The number of benzene rings is 11. The molecule has 0 aliphatic carbocycles. The number of likely N-dealkylation sites (tertiary alicyclic amines) is 1. The van der Waals surface area contributed by atoms with Crippen LogP contribution in [0.4, 0.5) is 0 Å². The molecule has 2 aliphatic rings. The van der Waals surface area contributed by atoms with Crippen LogP contribution in [0.15, 0.2) is 303 Å².